The monoisotopic (exact) mass is 488 g/mol. The van der Waals surface area contributed by atoms with Gasteiger partial charge in [0.25, 0.3) is 0 Å². The van der Waals surface area contributed by atoms with E-state index in [9.17, 15) is 15.3 Å². The largest absolute Gasteiger partial charge is 0.393 e. The molecule has 1 heterocycles. The predicted molar refractivity (Wildman–Crippen MR) is 138 cm³/mol. The Kier molecular flexibility index (Phi) is 5.08. The van der Waals surface area contributed by atoms with E-state index in [2.05, 4.69) is 55.4 Å². The molecule has 1 aliphatic heterocycles. The molecule has 0 amide bonds. The van der Waals surface area contributed by atoms with Gasteiger partial charge in [-0.1, -0.05) is 55.4 Å². The molecule has 200 valence electrons. The molecule has 0 aromatic carbocycles. The molecule has 4 nitrogen and oxygen atoms in total. The highest BCUT2D eigenvalue weighted by atomic mass is 16.5. The first-order valence-corrected chi connectivity index (χ1v) is 14.8. The third-order valence-corrected chi connectivity index (χ3v) is 14.0. The third kappa shape index (κ3) is 2.74. The molecule has 0 bridgehead atoms. The summed E-state index contributed by atoms with van der Waals surface area (Å²) in [5.74, 6) is 1.91. The standard InChI is InChI=1S/C31H52O4/c1-17-15-18(24(33)26(2,3)4)35-23-22(17)28(7)13-14-31-16-30(31)12-11-21(32)27(5,6)19(30)9-10-20(31)29(28,8)25(23)34/h17-25,32-34H,9-16H2,1-8H3/t17-,18-,19+,20+,21+,22-,23+,24-,25+,28-,29-,30-,31+/m1/s1. The van der Waals surface area contributed by atoms with Crippen molar-refractivity contribution in [3.63, 3.8) is 0 Å². The lowest BCUT2D eigenvalue weighted by molar-refractivity contribution is -0.189. The van der Waals surface area contributed by atoms with Crippen molar-refractivity contribution in [2.75, 3.05) is 0 Å². The molecule has 6 rings (SSSR count). The fourth-order valence-corrected chi connectivity index (χ4v) is 12.1. The number of aliphatic hydroxyl groups excluding tert-OH is 3. The van der Waals surface area contributed by atoms with Crippen LogP contribution in [0.3, 0.4) is 0 Å². The van der Waals surface area contributed by atoms with Gasteiger partial charge in [-0.15, -0.1) is 0 Å². The number of fused-ring (bicyclic) bond motifs is 4. The lowest BCUT2D eigenvalue weighted by Gasteiger charge is -2.63. The molecular formula is C31H52O4. The van der Waals surface area contributed by atoms with Crippen LogP contribution >= 0.6 is 0 Å². The van der Waals surface area contributed by atoms with E-state index in [0.29, 0.717) is 34.5 Å². The second kappa shape index (κ2) is 7.07. The molecule has 0 aromatic heterocycles. The quantitative estimate of drug-likeness (QED) is 0.451. The second-order valence-corrected chi connectivity index (χ2v) is 16.4. The van der Waals surface area contributed by atoms with E-state index in [1.807, 2.05) is 0 Å². The summed E-state index contributed by atoms with van der Waals surface area (Å²) >= 11 is 0. The fourth-order valence-electron chi connectivity index (χ4n) is 12.1. The van der Waals surface area contributed by atoms with Crippen LogP contribution in [-0.4, -0.2) is 45.8 Å². The smallest absolute Gasteiger partial charge is 0.0880 e. The zero-order valence-electron chi connectivity index (χ0n) is 23.6. The van der Waals surface area contributed by atoms with Gasteiger partial charge in [-0.05, 0) is 102 Å². The lowest BCUT2D eigenvalue weighted by Crippen LogP contribution is -2.59. The van der Waals surface area contributed by atoms with Crippen molar-refractivity contribution in [1.29, 1.82) is 0 Å². The van der Waals surface area contributed by atoms with Crippen molar-refractivity contribution in [3.8, 4) is 0 Å². The normalized spacial score (nSPS) is 59.4. The van der Waals surface area contributed by atoms with Crippen LogP contribution in [0.25, 0.3) is 0 Å². The van der Waals surface area contributed by atoms with Gasteiger partial charge < -0.3 is 20.1 Å². The van der Waals surface area contributed by atoms with Gasteiger partial charge in [-0.2, -0.15) is 0 Å². The molecule has 3 N–H and O–H groups in total. The van der Waals surface area contributed by atoms with E-state index < -0.39 is 12.2 Å². The minimum Gasteiger partial charge on any atom is -0.393 e. The molecule has 5 aliphatic carbocycles. The van der Waals surface area contributed by atoms with E-state index in [4.69, 9.17) is 4.74 Å². The summed E-state index contributed by atoms with van der Waals surface area (Å²) in [6.07, 6.45) is 7.55. The van der Waals surface area contributed by atoms with Gasteiger partial charge in [0.1, 0.15) is 0 Å². The number of aliphatic hydroxyl groups is 3. The number of rotatable bonds is 1. The Morgan fingerprint density at radius 3 is 2.17 bits per heavy atom. The average Bonchev–Trinajstić information content (AvgIpc) is 3.40. The number of hydrogen-bond donors (Lipinski definition) is 3. The van der Waals surface area contributed by atoms with E-state index >= 15 is 0 Å². The summed E-state index contributed by atoms with van der Waals surface area (Å²) in [6.45, 7) is 18.2. The summed E-state index contributed by atoms with van der Waals surface area (Å²) in [5.41, 5.74) is 0.361. The maximum atomic E-state index is 12.2. The van der Waals surface area contributed by atoms with Crippen molar-refractivity contribution in [1.82, 2.24) is 0 Å². The SMILES string of the molecule is C[C@@H]1C[C@H]([C@@H](O)C(C)(C)C)O[C@H]2[C@@H]1[C@@]1(C)CC[C@@]34C[C@@]35CC[C@H](O)C(C)(C)[C@@H]5CC[C@H]4[C@]1(C)[C@H]2O. The van der Waals surface area contributed by atoms with Gasteiger partial charge in [-0.3, -0.25) is 0 Å². The van der Waals surface area contributed by atoms with E-state index in [0.717, 1.165) is 12.8 Å². The Balaban J connectivity index is 1.36. The van der Waals surface area contributed by atoms with Crippen LogP contribution < -0.4 is 0 Å². The molecule has 0 aromatic rings. The highest BCUT2D eigenvalue weighted by Crippen LogP contribution is 2.89. The minimum absolute atomic E-state index is 0.00933. The molecule has 0 unspecified atom stereocenters. The van der Waals surface area contributed by atoms with Crippen LogP contribution in [0.1, 0.15) is 107 Å². The molecule has 13 atom stereocenters. The maximum absolute atomic E-state index is 12.2. The molecule has 35 heavy (non-hydrogen) atoms. The highest BCUT2D eigenvalue weighted by molar-refractivity contribution is 5.32. The van der Waals surface area contributed by atoms with E-state index in [1.54, 1.807) is 0 Å². The van der Waals surface area contributed by atoms with Crippen LogP contribution in [-0.2, 0) is 4.74 Å². The third-order valence-electron chi connectivity index (χ3n) is 14.0. The van der Waals surface area contributed by atoms with Crippen LogP contribution in [0.5, 0.6) is 0 Å². The van der Waals surface area contributed by atoms with Crippen LogP contribution in [0.4, 0.5) is 0 Å². The van der Waals surface area contributed by atoms with Gasteiger partial charge in [0, 0.05) is 5.41 Å². The second-order valence-electron chi connectivity index (χ2n) is 16.4. The maximum Gasteiger partial charge on any atom is 0.0880 e. The van der Waals surface area contributed by atoms with Crippen molar-refractivity contribution in [3.05, 3.63) is 0 Å². The fraction of sp³-hybridized carbons (Fsp3) is 1.00. The van der Waals surface area contributed by atoms with Crippen molar-refractivity contribution in [2.24, 2.45) is 56.2 Å². The van der Waals surface area contributed by atoms with Crippen molar-refractivity contribution in [2.45, 2.75) is 137 Å². The zero-order chi connectivity index (χ0) is 25.6. The molecular weight excluding hydrogens is 436 g/mol. The number of hydrogen-bond acceptors (Lipinski definition) is 4. The molecule has 5 saturated carbocycles. The van der Waals surface area contributed by atoms with Gasteiger partial charge in [0.15, 0.2) is 0 Å². The first kappa shape index (κ1) is 25.1. The van der Waals surface area contributed by atoms with Crippen LogP contribution in [0, 0.1) is 56.2 Å². The number of ether oxygens (including phenoxy) is 1. The van der Waals surface area contributed by atoms with Crippen LogP contribution in [0.2, 0.25) is 0 Å². The average molecular weight is 489 g/mol. The lowest BCUT2D eigenvalue weighted by atomic mass is 9.41. The summed E-state index contributed by atoms with van der Waals surface area (Å²) in [4.78, 5) is 0. The van der Waals surface area contributed by atoms with Crippen molar-refractivity contribution >= 4 is 0 Å². The van der Waals surface area contributed by atoms with Gasteiger partial charge >= 0.3 is 0 Å². The first-order valence-electron chi connectivity index (χ1n) is 14.8. The Hall–Kier alpha value is -0.160. The Labute approximate surface area is 213 Å². The summed E-state index contributed by atoms with van der Waals surface area (Å²) in [7, 11) is 0. The zero-order valence-corrected chi connectivity index (χ0v) is 23.6. The molecule has 6 aliphatic rings. The Bertz CT molecular complexity index is 893. The van der Waals surface area contributed by atoms with E-state index in [1.165, 1.54) is 38.5 Å². The molecule has 2 spiro atoms. The topological polar surface area (TPSA) is 69.9 Å². The molecule has 1 saturated heterocycles. The predicted octanol–water partition coefficient (Wildman–Crippen LogP) is 5.57. The molecule has 6 fully saturated rings. The summed E-state index contributed by atoms with van der Waals surface area (Å²) < 4.78 is 6.75. The minimum atomic E-state index is -0.522. The van der Waals surface area contributed by atoms with Crippen molar-refractivity contribution < 1.29 is 20.1 Å². The van der Waals surface area contributed by atoms with Gasteiger partial charge in [0.05, 0.1) is 30.5 Å². The molecule has 0 radical (unpaired) electrons. The van der Waals surface area contributed by atoms with Crippen LogP contribution in [0.15, 0.2) is 0 Å². The molecule has 4 heteroatoms. The summed E-state index contributed by atoms with van der Waals surface area (Å²) in [6, 6.07) is 0. The van der Waals surface area contributed by atoms with E-state index in [-0.39, 0.29) is 40.0 Å². The first-order chi connectivity index (χ1) is 16.1. The summed E-state index contributed by atoms with van der Waals surface area (Å²) in [5, 5.41) is 34.3. The Morgan fingerprint density at radius 2 is 1.51 bits per heavy atom. The Morgan fingerprint density at radius 1 is 0.886 bits per heavy atom. The van der Waals surface area contributed by atoms with Gasteiger partial charge in [0.2, 0.25) is 0 Å². The van der Waals surface area contributed by atoms with Gasteiger partial charge in [-0.25, -0.2) is 0 Å². The highest BCUT2D eigenvalue weighted by Gasteiger charge is 2.84.